The lowest BCUT2D eigenvalue weighted by Gasteiger charge is -2.28. The van der Waals surface area contributed by atoms with Crippen LogP contribution in [0.15, 0.2) is 29.4 Å². The number of hydrogen-bond acceptors (Lipinski definition) is 4. The summed E-state index contributed by atoms with van der Waals surface area (Å²) in [6.07, 6.45) is 3.05. The third-order valence-electron chi connectivity index (χ3n) is 4.33. The van der Waals surface area contributed by atoms with Gasteiger partial charge in [0, 0.05) is 51.0 Å². The van der Waals surface area contributed by atoms with Crippen LogP contribution in [-0.4, -0.2) is 60.3 Å². The van der Waals surface area contributed by atoms with Gasteiger partial charge in [-0.05, 0) is 52.2 Å². The number of hydrogen-bond donors (Lipinski definition) is 2. The number of aliphatic imine (C=N–C) groups is 1. The van der Waals surface area contributed by atoms with Crippen molar-refractivity contribution in [1.82, 2.24) is 20.5 Å². The van der Waals surface area contributed by atoms with Gasteiger partial charge in [0.1, 0.15) is 5.60 Å². The van der Waals surface area contributed by atoms with E-state index in [9.17, 15) is 4.79 Å². The smallest absolute Gasteiger partial charge is 0.407 e. The van der Waals surface area contributed by atoms with E-state index >= 15 is 0 Å². The largest absolute Gasteiger partial charge is 0.444 e. The van der Waals surface area contributed by atoms with Gasteiger partial charge < -0.3 is 20.3 Å². The van der Waals surface area contributed by atoms with Crippen LogP contribution in [-0.2, 0) is 11.2 Å². The summed E-state index contributed by atoms with van der Waals surface area (Å²) >= 11 is 0. The second-order valence-corrected chi connectivity index (χ2v) is 8.51. The number of guanidine groups is 1. The summed E-state index contributed by atoms with van der Waals surface area (Å²) in [6, 6.07) is 5.96. The van der Waals surface area contributed by atoms with Gasteiger partial charge in [0.2, 0.25) is 0 Å². The normalized spacial score (nSPS) is 13.2. The van der Waals surface area contributed by atoms with Crippen LogP contribution in [0.1, 0.15) is 53.7 Å². The number of nitrogens with zero attached hydrogens (tertiary/aromatic N) is 3. The van der Waals surface area contributed by atoms with Gasteiger partial charge in [-0.3, -0.25) is 9.98 Å². The fourth-order valence-electron chi connectivity index (χ4n) is 2.76. The minimum atomic E-state index is -0.499. The summed E-state index contributed by atoms with van der Waals surface area (Å²) < 4.78 is 5.40. The Morgan fingerprint density at radius 3 is 2.59 bits per heavy atom. The number of alkyl carbamates (subject to hydrolysis) is 1. The van der Waals surface area contributed by atoms with E-state index < -0.39 is 5.60 Å². The van der Waals surface area contributed by atoms with Crippen LogP contribution in [0.25, 0.3) is 0 Å². The molecule has 0 aliphatic rings. The number of nitrogens with one attached hydrogen (secondary N) is 2. The maximum atomic E-state index is 12.1. The second kappa shape index (κ2) is 12.3. The Balaban J connectivity index is 2.61. The Morgan fingerprint density at radius 1 is 1.31 bits per heavy atom. The molecule has 0 saturated carbocycles. The number of carbonyl (C=O) groups excluding carboxylic acids is 1. The van der Waals surface area contributed by atoms with Gasteiger partial charge in [0.25, 0.3) is 0 Å². The van der Waals surface area contributed by atoms with E-state index in [0.29, 0.717) is 12.5 Å². The fourth-order valence-corrected chi connectivity index (χ4v) is 2.76. The molecule has 1 unspecified atom stereocenters. The monoisotopic (exact) mass is 405 g/mol. The Labute approximate surface area is 176 Å². The molecule has 164 valence electrons. The third-order valence-corrected chi connectivity index (χ3v) is 4.33. The van der Waals surface area contributed by atoms with Crippen LogP contribution in [0.3, 0.4) is 0 Å². The van der Waals surface area contributed by atoms with Crippen LogP contribution < -0.4 is 10.6 Å². The highest BCUT2D eigenvalue weighted by Crippen LogP contribution is 2.11. The number of aromatic nitrogens is 1. The molecule has 0 aliphatic carbocycles. The molecule has 0 saturated heterocycles. The van der Waals surface area contributed by atoms with E-state index in [1.807, 2.05) is 46.0 Å². The summed E-state index contributed by atoms with van der Waals surface area (Å²) in [4.78, 5) is 23.3. The Kier molecular flexibility index (Phi) is 10.5. The van der Waals surface area contributed by atoms with E-state index in [1.165, 1.54) is 0 Å². The standard InChI is InChI=1S/C22H39N5O2/c1-8-23-20(25-15-12-18-11-9-10-14-24-18)27(7)16-13-19(17(2)3)26-21(28)29-22(4,5)6/h9-11,14,17,19H,8,12-13,15-16H2,1-7H3,(H,23,25)(H,26,28). The molecule has 0 fully saturated rings. The molecule has 29 heavy (non-hydrogen) atoms. The molecule has 1 amide bonds. The van der Waals surface area contributed by atoms with E-state index in [4.69, 9.17) is 9.73 Å². The number of carbonyl (C=O) groups is 1. The van der Waals surface area contributed by atoms with Crippen molar-refractivity contribution in [2.24, 2.45) is 10.9 Å². The summed E-state index contributed by atoms with van der Waals surface area (Å²) in [7, 11) is 2.02. The zero-order chi connectivity index (χ0) is 21.9. The summed E-state index contributed by atoms with van der Waals surface area (Å²) in [5, 5.41) is 6.34. The van der Waals surface area contributed by atoms with Crippen molar-refractivity contribution in [1.29, 1.82) is 0 Å². The van der Waals surface area contributed by atoms with Crippen molar-refractivity contribution in [3.63, 3.8) is 0 Å². The van der Waals surface area contributed by atoms with Crippen LogP contribution in [0, 0.1) is 5.92 Å². The number of rotatable bonds is 9. The SMILES string of the molecule is CCNC(=NCCc1ccccn1)N(C)CCC(NC(=O)OC(C)(C)C)C(C)C. The van der Waals surface area contributed by atoms with E-state index in [0.717, 1.165) is 37.6 Å². The highest BCUT2D eigenvalue weighted by atomic mass is 16.6. The maximum absolute atomic E-state index is 12.1. The van der Waals surface area contributed by atoms with Crippen molar-refractivity contribution < 1.29 is 9.53 Å². The topological polar surface area (TPSA) is 78.9 Å². The summed E-state index contributed by atoms with van der Waals surface area (Å²) in [6.45, 7) is 14.1. The first-order valence-electron chi connectivity index (χ1n) is 10.5. The van der Waals surface area contributed by atoms with Gasteiger partial charge in [0.05, 0.1) is 0 Å². The minimum absolute atomic E-state index is 0.0312. The molecule has 7 heteroatoms. The zero-order valence-electron chi connectivity index (χ0n) is 19.2. The van der Waals surface area contributed by atoms with Crippen molar-refractivity contribution in [2.45, 2.75) is 66.0 Å². The third kappa shape index (κ3) is 10.7. The Morgan fingerprint density at radius 2 is 2.03 bits per heavy atom. The molecule has 0 bridgehead atoms. The molecule has 1 aromatic heterocycles. The fraction of sp³-hybridized carbons (Fsp3) is 0.682. The molecule has 0 aliphatic heterocycles. The molecule has 0 spiro atoms. The lowest BCUT2D eigenvalue weighted by Crippen LogP contribution is -2.45. The summed E-state index contributed by atoms with van der Waals surface area (Å²) in [5.74, 6) is 1.17. The second-order valence-electron chi connectivity index (χ2n) is 8.51. The average molecular weight is 406 g/mol. The number of amides is 1. The highest BCUT2D eigenvalue weighted by molar-refractivity contribution is 5.79. The van der Waals surface area contributed by atoms with Gasteiger partial charge in [-0.2, -0.15) is 0 Å². The van der Waals surface area contributed by atoms with Gasteiger partial charge in [-0.25, -0.2) is 4.79 Å². The highest BCUT2D eigenvalue weighted by Gasteiger charge is 2.22. The van der Waals surface area contributed by atoms with Crippen LogP contribution in [0.2, 0.25) is 0 Å². The van der Waals surface area contributed by atoms with E-state index in [1.54, 1.807) is 6.20 Å². The van der Waals surface area contributed by atoms with Gasteiger partial charge in [-0.15, -0.1) is 0 Å². The molecule has 1 atom stereocenters. The first kappa shape index (κ1) is 24.7. The van der Waals surface area contributed by atoms with Crippen LogP contribution >= 0.6 is 0 Å². The van der Waals surface area contributed by atoms with Crippen molar-refractivity contribution in [3.8, 4) is 0 Å². The molecule has 1 rings (SSSR count). The summed E-state index contributed by atoms with van der Waals surface area (Å²) in [5.41, 5.74) is 0.539. The van der Waals surface area contributed by atoms with Crippen LogP contribution in [0.5, 0.6) is 0 Å². The molecular formula is C22H39N5O2. The predicted octanol–water partition coefficient (Wildman–Crippen LogP) is 3.46. The number of ether oxygens (including phenoxy) is 1. The molecule has 2 N–H and O–H groups in total. The lowest BCUT2D eigenvalue weighted by atomic mass is 10.0. The van der Waals surface area contributed by atoms with Crippen molar-refractivity contribution in [2.75, 3.05) is 26.7 Å². The minimum Gasteiger partial charge on any atom is -0.444 e. The average Bonchev–Trinajstić information content (AvgIpc) is 2.63. The molecule has 7 nitrogen and oxygen atoms in total. The van der Waals surface area contributed by atoms with E-state index in [-0.39, 0.29) is 12.1 Å². The van der Waals surface area contributed by atoms with Gasteiger partial charge >= 0.3 is 6.09 Å². The van der Waals surface area contributed by atoms with Gasteiger partial charge in [-0.1, -0.05) is 19.9 Å². The molecule has 1 aromatic rings. The van der Waals surface area contributed by atoms with Gasteiger partial charge in [0.15, 0.2) is 5.96 Å². The van der Waals surface area contributed by atoms with Crippen LogP contribution in [0.4, 0.5) is 4.79 Å². The quantitative estimate of drug-likeness (QED) is 0.486. The maximum Gasteiger partial charge on any atom is 0.407 e. The lowest BCUT2D eigenvalue weighted by molar-refractivity contribution is 0.0486. The molecule has 0 aromatic carbocycles. The first-order valence-corrected chi connectivity index (χ1v) is 10.5. The Bertz CT molecular complexity index is 626. The predicted molar refractivity (Wildman–Crippen MR) is 119 cm³/mol. The van der Waals surface area contributed by atoms with E-state index in [2.05, 4.69) is 41.3 Å². The molecule has 0 radical (unpaired) electrons. The molecular weight excluding hydrogens is 366 g/mol. The zero-order valence-corrected chi connectivity index (χ0v) is 19.2. The number of pyridine rings is 1. The van der Waals surface area contributed by atoms with Crippen molar-refractivity contribution in [3.05, 3.63) is 30.1 Å². The molecule has 1 heterocycles. The Hall–Kier alpha value is -2.31. The van der Waals surface area contributed by atoms with Crippen molar-refractivity contribution >= 4 is 12.1 Å². The first-order chi connectivity index (χ1) is 13.6.